The van der Waals surface area contributed by atoms with Gasteiger partial charge in [0.15, 0.2) is 0 Å². The van der Waals surface area contributed by atoms with Crippen LogP contribution in [-0.2, 0) is 13.1 Å². The maximum absolute atomic E-state index is 6.12. The van der Waals surface area contributed by atoms with E-state index in [1.54, 1.807) is 0 Å². The number of nitrogens with zero attached hydrogens (tertiary/aromatic N) is 2. The van der Waals surface area contributed by atoms with Crippen molar-refractivity contribution in [3.05, 3.63) is 53.1 Å². The second-order valence-electron chi connectivity index (χ2n) is 3.91. The molecule has 0 aliphatic carbocycles. The number of nitrogens with one attached hydrogen (secondary N) is 1. The normalized spacial score (nSPS) is 10.7. The first-order valence-electron chi connectivity index (χ1n) is 5.74. The predicted octanol–water partition coefficient (Wildman–Crippen LogP) is 2.69. The molecule has 3 nitrogen and oxygen atoms in total. The molecule has 0 bridgehead atoms. The van der Waals surface area contributed by atoms with Gasteiger partial charge in [0.2, 0.25) is 0 Å². The van der Waals surface area contributed by atoms with Gasteiger partial charge in [-0.1, -0.05) is 36.7 Å². The van der Waals surface area contributed by atoms with Gasteiger partial charge in [0.05, 0.1) is 12.0 Å². The number of imidazole rings is 1. The van der Waals surface area contributed by atoms with E-state index in [-0.39, 0.29) is 0 Å². The van der Waals surface area contributed by atoms with Crippen molar-refractivity contribution < 1.29 is 0 Å². The molecule has 2 aromatic rings. The van der Waals surface area contributed by atoms with Crippen LogP contribution in [-0.4, -0.2) is 16.1 Å². The molecule has 17 heavy (non-hydrogen) atoms. The molecule has 1 aromatic heterocycles. The minimum absolute atomic E-state index is 0.763. The Kier molecular flexibility index (Phi) is 4.18. The van der Waals surface area contributed by atoms with Crippen LogP contribution in [0.2, 0.25) is 5.02 Å². The van der Waals surface area contributed by atoms with Crippen molar-refractivity contribution in [1.29, 1.82) is 0 Å². The summed E-state index contributed by atoms with van der Waals surface area (Å²) in [5.41, 5.74) is 2.17. The molecule has 4 heteroatoms. The van der Waals surface area contributed by atoms with Gasteiger partial charge in [0.1, 0.15) is 0 Å². The fourth-order valence-electron chi connectivity index (χ4n) is 1.66. The van der Waals surface area contributed by atoms with Gasteiger partial charge < -0.3 is 9.88 Å². The first-order chi connectivity index (χ1) is 8.29. The number of benzene rings is 1. The number of hydrogen-bond donors (Lipinski definition) is 1. The number of halogens is 1. The third kappa shape index (κ3) is 3.32. The van der Waals surface area contributed by atoms with Crippen LogP contribution < -0.4 is 5.32 Å². The molecule has 1 N–H and O–H groups in total. The first-order valence-corrected chi connectivity index (χ1v) is 6.12. The smallest absolute Gasteiger partial charge is 0.0953 e. The highest BCUT2D eigenvalue weighted by Gasteiger charge is 2.02. The molecule has 0 saturated heterocycles. The Morgan fingerprint density at radius 3 is 2.94 bits per heavy atom. The summed E-state index contributed by atoms with van der Waals surface area (Å²) in [6.45, 7) is 4.61. The molecule has 0 aliphatic rings. The van der Waals surface area contributed by atoms with Crippen LogP contribution in [0.15, 0.2) is 36.8 Å². The van der Waals surface area contributed by atoms with Crippen LogP contribution in [0.5, 0.6) is 0 Å². The Bertz CT molecular complexity index is 479. The summed E-state index contributed by atoms with van der Waals surface area (Å²) < 4.78 is 2.05. The summed E-state index contributed by atoms with van der Waals surface area (Å²) in [6, 6.07) is 7.88. The molecule has 0 fully saturated rings. The molecule has 0 radical (unpaired) electrons. The lowest BCUT2D eigenvalue weighted by Crippen LogP contribution is -2.11. The summed E-state index contributed by atoms with van der Waals surface area (Å²) in [7, 11) is 0. The lowest BCUT2D eigenvalue weighted by atomic mass is 10.2. The minimum Gasteiger partial charge on any atom is -0.333 e. The standard InChI is InChI=1S/C13H16ClN3/c1-2-15-7-12-9-17(10-16-12)8-11-5-3-4-6-13(11)14/h3-6,9-10,15H,2,7-8H2,1H3. The van der Waals surface area contributed by atoms with E-state index in [0.717, 1.165) is 35.9 Å². The average molecular weight is 250 g/mol. The molecular weight excluding hydrogens is 234 g/mol. The molecular formula is C13H16ClN3. The highest BCUT2D eigenvalue weighted by molar-refractivity contribution is 6.31. The van der Waals surface area contributed by atoms with E-state index in [1.807, 2.05) is 41.4 Å². The Labute approximate surface area is 106 Å². The molecule has 0 unspecified atom stereocenters. The van der Waals surface area contributed by atoms with Crippen molar-refractivity contribution in [2.75, 3.05) is 6.54 Å². The zero-order chi connectivity index (χ0) is 12.1. The zero-order valence-corrected chi connectivity index (χ0v) is 10.6. The fraction of sp³-hybridized carbons (Fsp3) is 0.308. The van der Waals surface area contributed by atoms with E-state index in [0.29, 0.717) is 0 Å². The van der Waals surface area contributed by atoms with E-state index in [9.17, 15) is 0 Å². The Hall–Kier alpha value is -1.32. The van der Waals surface area contributed by atoms with E-state index < -0.39 is 0 Å². The van der Waals surface area contributed by atoms with Crippen molar-refractivity contribution in [3.8, 4) is 0 Å². The quantitative estimate of drug-likeness (QED) is 0.883. The van der Waals surface area contributed by atoms with Crippen LogP contribution >= 0.6 is 11.6 Å². The Balaban J connectivity index is 2.04. The van der Waals surface area contributed by atoms with Crippen molar-refractivity contribution in [3.63, 3.8) is 0 Å². The van der Waals surface area contributed by atoms with Gasteiger partial charge in [-0.25, -0.2) is 4.98 Å². The first kappa shape index (κ1) is 12.1. The van der Waals surface area contributed by atoms with Crippen molar-refractivity contribution in [1.82, 2.24) is 14.9 Å². The van der Waals surface area contributed by atoms with E-state index in [4.69, 9.17) is 11.6 Å². The maximum Gasteiger partial charge on any atom is 0.0953 e. The topological polar surface area (TPSA) is 29.9 Å². The zero-order valence-electron chi connectivity index (χ0n) is 9.86. The van der Waals surface area contributed by atoms with Gasteiger partial charge in [0.25, 0.3) is 0 Å². The molecule has 0 spiro atoms. The molecule has 1 heterocycles. The van der Waals surface area contributed by atoms with Crippen LogP contribution in [0, 0.1) is 0 Å². The second kappa shape index (κ2) is 5.84. The summed E-state index contributed by atoms with van der Waals surface area (Å²) >= 11 is 6.12. The van der Waals surface area contributed by atoms with E-state index >= 15 is 0 Å². The van der Waals surface area contributed by atoms with Gasteiger partial charge in [-0.2, -0.15) is 0 Å². The summed E-state index contributed by atoms with van der Waals surface area (Å²) in [5.74, 6) is 0. The average Bonchev–Trinajstić information content (AvgIpc) is 2.77. The van der Waals surface area contributed by atoms with Crippen LogP contribution in [0.3, 0.4) is 0 Å². The second-order valence-corrected chi connectivity index (χ2v) is 4.32. The van der Waals surface area contributed by atoms with Crippen molar-refractivity contribution >= 4 is 11.6 Å². The van der Waals surface area contributed by atoms with Gasteiger partial charge >= 0.3 is 0 Å². The molecule has 2 rings (SSSR count). The number of hydrogen-bond acceptors (Lipinski definition) is 2. The third-order valence-electron chi connectivity index (χ3n) is 2.55. The van der Waals surface area contributed by atoms with Crippen LogP contribution in [0.1, 0.15) is 18.2 Å². The van der Waals surface area contributed by atoms with Gasteiger partial charge in [0, 0.05) is 24.3 Å². The van der Waals surface area contributed by atoms with Crippen molar-refractivity contribution in [2.45, 2.75) is 20.0 Å². The lowest BCUT2D eigenvalue weighted by Gasteiger charge is -2.04. The monoisotopic (exact) mass is 249 g/mol. The fourth-order valence-corrected chi connectivity index (χ4v) is 1.86. The summed E-state index contributed by atoms with van der Waals surface area (Å²) in [4.78, 5) is 4.34. The van der Waals surface area contributed by atoms with Gasteiger partial charge in [-0.15, -0.1) is 0 Å². The van der Waals surface area contributed by atoms with E-state index in [2.05, 4.69) is 17.2 Å². The molecule has 0 aliphatic heterocycles. The van der Waals surface area contributed by atoms with Gasteiger partial charge in [-0.05, 0) is 18.2 Å². The molecule has 90 valence electrons. The Morgan fingerprint density at radius 1 is 1.35 bits per heavy atom. The van der Waals surface area contributed by atoms with Crippen LogP contribution in [0.4, 0.5) is 0 Å². The molecule has 0 atom stereocenters. The number of aromatic nitrogens is 2. The SMILES string of the molecule is CCNCc1cn(Cc2ccccc2Cl)cn1. The molecule has 1 aromatic carbocycles. The van der Waals surface area contributed by atoms with Crippen molar-refractivity contribution in [2.24, 2.45) is 0 Å². The minimum atomic E-state index is 0.763. The van der Waals surface area contributed by atoms with E-state index in [1.165, 1.54) is 0 Å². The number of rotatable bonds is 5. The van der Waals surface area contributed by atoms with Crippen LogP contribution in [0.25, 0.3) is 0 Å². The molecule has 0 saturated carbocycles. The lowest BCUT2D eigenvalue weighted by molar-refractivity contribution is 0.712. The third-order valence-corrected chi connectivity index (χ3v) is 2.92. The highest BCUT2D eigenvalue weighted by atomic mass is 35.5. The maximum atomic E-state index is 6.12. The molecule has 0 amide bonds. The summed E-state index contributed by atoms with van der Waals surface area (Å²) in [6.07, 6.45) is 3.89. The predicted molar refractivity (Wildman–Crippen MR) is 70.2 cm³/mol. The highest BCUT2D eigenvalue weighted by Crippen LogP contribution is 2.16. The summed E-state index contributed by atoms with van der Waals surface area (Å²) in [5, 5.41) is 4.05. The van der Waals surface area contributed by atoms with Gasteiger partial charge in [-0.3, -0.25) is 0 Å². The largest absolute Gasteiger partial charge is 0.333 e. The Morgan fingerprint density at radius 2 is 2.18 bits per heavy atom.